The van der Waals surface area contributed by atoms with Gasteiger partial charge in [0.15, 0.2) is 0 Å². The number of benzene rings is 3. The predicted molar refractivity (Wildman–Crippen MR) is 108 cm³/mol. The van der Waals surface area contributed by atoms with E-state index in [0.717, 1.165) is 17.7 Å². The molecule has 2 N–H and O–H groups in total. The Labute approximate surface area is 167 Å². The zero-order valence-corrected chi connectivity index (χ0v) is 16.3. The molecule has 0 aliphatic carbocycles. The Morgan fingerprint density at radius 1 is 0.964 bits per heavy atom. The van der Waals surface area contributed by atoms with E-state index < -0.39 is 15.8 Å². The average molecular weight is 419 g/mol. The van der Waals surface area contributed by atoms with Gasteiger partial charge < -0.3 is 5.32 Å². The maximum absolute atomic E-state index is 12.9. The number of nitrogens with one attached hydrogen (secondary N) is 2. The molecule has 3 aromatic rings. The summed E-state index contributed by atoms with van der Waals surface area (Å²) in [7, 11) is -3.86. The first kappa shape index (κ1) is 19.9. The fourth-order valence-electron chi connectivity index (χ4n) is 2.48. The first-order valence-electron chi connectivity index (χ1n) is 8.20. The van der Waals surface area contributed by atoms with Gasteiger partial charge in [-0.1, -0.05) is 11.6 Å². The molecule has 3 aromatic carbocycles. The molecule has 5 nitrogen and oxygen atoms in total. The second-order valence-corrected chi connectivity index (χ2v) is 8.17. The lowest BCUT2D eigenvalue weighted by atomic mass is 10.1. The first-order chi connectivity index (χ1) is 13.2. The van der Waals surface area contributed by atoms with E-state index in [9.17, 15) is 17.6 Å². The van der Waals surface area contributed by atoms with Crippen molar-refractivity contribution in [2.75, 3.05) is 10.0 Å². The van der Waals surface area contributed by atoms with Crippen LogP contribution in [0.2, 0.25) is 5.02 Å². The Hall–Kier alpha value is -2.90. The summed E-state index contributed by atoms with van der Waals surface area (Å²) in [6, 6.07) is 15.5. The summed E-state index contributed by atoms with van der Waals surface area (Å²) in [5, 5.41) is 3.33. The summed E-state index contributed by atoms with van der Waals surface area (Å²) in [4.78, 5) is 12.4. The van der Waals surface area contributed by atoms with Crippen molar-refractivity contribution in [3.8, 4) is 0 Å². The topological polar surface area (TPSA) is 75.3 Å². The van der Waals surface area contributed by atoms with Crippen molar-refractivity contribution >= 4 is 38.9 Å². The molecule has 0 heterocycles. The molecule has 1 amide bonds. The number of carbonyl (C=O) groups excluding carboxylic acids is 1. The number of anilines is 2. The zero-order chi connectivity index (χ0) is 20.3. The van der Waals surface area contributed by atoms with Crippen LogP contribution in [-0.4, -0.2) is 14.3 Å². The van der Waals surface area contributed by atoms with Crippen molar-refractivity contribution in [2.45, 2.75) is 11.8 Å². The number of sulfonamides is 1. The van der Waals surface area contributed by atoms with Crippen LogP contribution in [-0.2, 0) is 10.0 Å². The third-order valence-electron chi connectivity index (χ3n) is 3.96. The smallest absolute Gasteiger partial charge is 0.261 e. The van der Waals surface area contributed by atoms with Crippen molar-refractivity contribution < 1.29 is 17.6 Å². The van der Waals surface area contributed by atoms with Gasteiger partial charge in [-0.05, 0) is 79.2 Å². The Morgan fingerprint density at radius 3 is 2.21 bits per heavy atom. The minimum absolute atomic E-state index is 0.0175. The number of carbonyl (C=O) groups is 1. The predicted octanol–water partition coefficient (Wildman–Crippen LogP) is 4.84. The van der Waals surface area contributed by atoms with Gasteiger partial charge in [-0.15, -0.1) is 0 Å². The molecule has 0 saturated carbocycles. The first-order valence-corrected chi connectivity index (χ1v) is 10.1. The van der Waals surface area contributed by atoms with Crippen LogP contribution in [0.1, 0.15) is 15.9 Å². The number of aryl methyl sites for hydroxylation is 1. The van der Waals surface area contributed by atoms with Gasteiger partial charge in [-0.3, -0.25) is 9.52 Å². The van der Waals surface area contributed by atoms with Gasteiger partial charge in [-0.25, -0.2) is 12.8 Å². The summed E-state index contributed by atoms with van der Waals surface area (Å²) in [6.45, 7) is 1.82. The molecule has 0 aromatic heterocycles. The summed E-state index contributed by atoms with van der Waals surface area (Å²) in [5.74, 6) is -0.838. The van der Waals surface area contributed by atoms with Crippen LogP contribution in [0, 0.1) is 12.7 Å². The summed E-state index contributed by atoms with van der Waals surface area (Å²) in [5.41, 5.74) is 1.96. The molecule has 8 heteroatoms. The van der Waals surface area contributed by atoms with Gasteiger partial charge in [0.1, 0.15) is 5.82 Å². The standard InChI is InChI=1S/C20H16ClFN2O3S/c1-13-12-15(21)4-11-19(13)23-20(25)14-2-9-18(10-3-14)28(26,27)24-17-7-5-16(22)6-8-17/h2-12,24H,1H3,(H,23,25). The third kappa shape index (κ3) is 4.68. The van der Waals surface area contributed by atoms with Gasteiger partial charge in [-0.2, -0.15) is 0 Å². The highest BCUT2D eigenvalue weighted by Crippen LogP contribution is 2.21. The van der Waals surface area contributed by atoms with E-state index in [1.54, 1.807) is 18.2 Å². The normalized spacial score (nSPS) is 11.1. The molecule has 0 atom stereocenters. The van der Waals surface area contributed by atoms with Crippen LogP contribution in [0.15, 0.2) is 71.6 Å². The summed E-state index contributed by atoms with van der Waals surface area (Å²) >= 11 is 5.90. The Bertz CT molecular complexity index is 1120. The average Bonchev–Trinajstić information content (AvgIpc) is 2.66. The molecule has 0 radical (unpaired) electrons. The van der Waals surface area contributed by atoms with Crippen molar-refractivity contribution in [2.24, 2.45) is 0 Å². The van der Waals surface area contributed by atoms with Crippen LogP contribution in [0.25, 0.3) is 0 Å². The third-order valence-corrected chi connectivity index (χ3v) is 5.59. The maximum Gasteiger partial charge on any atom is 0.261 e. The number of hydrogen-bond acceptors (Lipinski definition) is 3. The van der Waals surface area contributed by atoms with E-state index >= 15 is 0 Å². The lowest BCUT2D eigenvalue weighted by Crippen LogP contribution is -2.15. The zero-order valence-electron chi connectivity index (χ0n) is 14.7. The van der Waals surface area contributed by atoms with Gasteiger partial charge in [0.25, 0.3) is 15.9 Å². The number of rotatable bonds is 5. The lowest BCUT2D eigenvalue weighted by Gasteiger charge is -2.10. The van der Waals surface area contributed by atoms with Crippen molar-refractivity contribution in [3.63, 3.8) is 0 Å². The molecule has 0 aliphatic rings. The molecule has 0 unspecified atom stereocenters. The Morgan fingerprint density at radius 2 is 1.61 bits per heavy atom. The lowest BCUT2D eigenvalue weighted by molar-refractivity contribution is 0.102. The second kappa shape index (κ2) is 8.00. The van der Waals surface area contributed by atoms with E-state index in [2.05, 4.69) is 10.0 Å². The molecule has 3 rings (SSSR count). The van der Waals surface area contributed by atoms with E-state index in [0.29, 0.717) is 16.3 Å². The molecule has 0 saturated heterocycles. The van der Waals surface area contributed by atoms with Crippen LogP contribution < -0.4 is 10.0 Å². The van der Waals surface area contributed by atoms with Gasteiger partial charge in [0.2, 0.25) is 0 Å². The Kier molecular flexibility index (Phi) is 5.67. The van der Waals surface area contributed by atoms with Crippen LogP contribution in [0.4, 0.5) is 15.8 Å². The molecule has 0 aliphatic heterocycles. The molecule has 144 valence electrons. The SMILES string of the molecule is Cc1cc(Cl)ccc1NC(=O)c1ccc(S(=O)(=O)Nc2ccc(F)cc2)cc1. The minimum atomic E-state index is -3.86. The highest BCUT2D eigenvalue weighted by molar-refractivity contribution is 7.92. The van der Waals surface area contributed by atoms with E-state index in [1.165, 1.54) is 36.4 Å². The van der Waals surface area contributed by atoms with Crippen LogP contribution >= 0.6 is 11.6 Å². The largest absolute Gasteiger partial charge is 0.322 e. The number of hydrogen-bond donors (Lipinski definition) is 2. The van der Waals surface area contributed by atoms with Gasteiger partial charge in [0.05, 0.1) is 4.90 Å². The number of halogens is 2. The van der Waals surface area contributed by atoms with Crippen molar-refractivity contribution in [1.29, 1.82) is 0 Å². The molecular formula is C20H16ClFN2O3S. The Balaban J connectivity index is 1.74. The maximum atomic E-state index is 12.9. The fraction of sp³-hybridized carbons (Fsp3) is 0.0500. The van der Waals surface area contributed by atoms with Crippen molar-refractivity contribution in [3.05, 3.63) is 88.7 Å². The van der Waals surface area contributed by atoms with E-state index in [4.69, 9.17) is 11.6 Å². The molecule has 0 bridgehead atoms. The molecule has 0 spiro atoms. The minimum Gasteiger partial charge on any atom is -0.322 e. The van der Waals surface area contributed by atoms with Crippen molar-refractivity contribution in [1.82, 2.24) is 0 Å². The molecule has 0 fully saturated rings. The second-order valence-electron chi connectivity index (χ2n) is 6.05. The molecular weight excluding hydrogens is 403 g/mol. The van der Waals surface area contributed by atoms with Gasteiger partial charge in [0, 0.05) is 22.0 Å². The summed E-state index contributed by atoms with van der Waals surface area (Å²) in [6.07, 6.45) is 0. The summed E-state index contributed by atoms with van der Waals surface area (Å²) < 4.78 is 40.1. The van der Waals surface area contributed by atoms with Crippen LogP contribution in [0.5, 0.6) is 0 Å². The van der Waals surface area contributed by atoms with E-state index in [1.807, 2.05) is 6.92 Å². The van der Waals surface area contributed by atoms with Gasteiger partial charge >= 0.3 is 0 Å². The molecule has 28 heavy (non-hydrogen) atoms. The quantitative estimate of drug-likeness (QED) is 0.622. The number of amides is 1. The monoisotopic (exact) mass is 418 g/mol. The van der Waals surface area contributed by atoms with E-state index in [-0.39, 0.29) is 16.5 Å². The highest BCUT2D eigenvalue weighted by atomic mass is 35.5. The van der Waals surface area contributed by atoms with Crippen LogP contribution in [0.3, 0.4) is 0 Å². The highest BCUT2D eigenvalue weighted by Gasteiger charge is 2.16. The fourth-order valence-corrected chi connectivity index (χ4v) is 3.76.